The van der Waals surface area contributed by atoms with Crippen LogP contribution in [0.4, 0.5) is 0 Å². The van der Waals surface area contributed by atoms with Crippen LogP contribution < -0.4 is 5.32 Å². The molecule has 3 fully saturated rings. The monoisotopic (exact) mass is 302 g/mol. The SMILES string of the molecule is O=C(CN1CCC[C@@H](c2ccn[nH]2)C1)NC(C1CC1)C1CC1. The zero-order valence-electron chi connectivity index (χ0n) is 13.1. The molecule has 1 aromatic rings. The summed E-state index contributed by atoms with van der Waals surface area (Å²) in [4.78, 5) is 14.7. The number of amides is 1. The molecule has 0 bridgehead atoms. The van der Waals surface area contributed by atoms with Crippen LogP contribution in [0.1, 0.15) is 50.1 Å². The maximum absolute atomic E-state index is 12.4. The molecule has 5 nitrogen and oxygen atoms in total. The van der Waals surface area contributed by atoms with Crippen molar-refractivity contribution in [3.8, 4) is 0 Å². The molecule has 22 heavy (non-hydrogen) atoms. The second-order valence-electron chi connectivity index (χ2n) is 7.35. The van der Waals surface area contributed by atoms with Gasteiger partial charge >= 0.3 is 0 Å². The predicted molar refractivity (Wildman–Crippen MR) is 84.4 cm³/mol. The number of hydrogen-bond donors (Lipinski definition) is 2. The second kappa shape index (κ2) is 6.03. The Balaban J connectivity index is 1.29. The van der Waals surface area contributed by atoms with Crippen molar-refractivity contribution in [1.82, 2.24) is 20.4 Å². The van der Waals surface area contributed by atoms with Crippen molar-refractivity contribution >= 4 is 5.91 Å². The maximum Gasteiger partial charge on any atom is 0.234 e. The van der Waals surface area contributed by atoms with E-state index >= 15 is 0 Å². The van der Waals surface area contributed by atoms with Gasteiger partial charge in [0.05, 0.1) is 6.54 Å². The molecule has 2 aliphatic carbocycles. The molecule has 1 saturated heterocycles. The van der Waals surface area contributed by atoms with E-state index in [-0.39, 0.29) is 5.91 Å². The third-order valence-electron chi connectivity index (χ3n) is 5.42. The summed E-state index contributed by atoms with van der Waals surface area (Å²) in [5.74, 6) is 2.27. The summed E-state index contributed by atoms with van der Waals surface area (Å²) in [6.07, 6.45) is 9.41. The largest absolute Gasteiger partial charge is 0.352 e. The molecule has 120 valence electrons. The van der Waals surface area contributed by atoms with Crippen LogP contribution in [0.2, 0.25) is 0 Å². The molecular weight excluding hydrogens is 276 g/mol. The molecule has 0 spiro atoms. The fraction of sp³-hybridized carbons (Fsp3) is 0.765. The number of aromatic amines is 1. The number of H-pyrrole nitrogens is 1. The highest BCUT2D eigenvalue weighted by atomic mass is 16.2. The van der Waals surface area contributed by atoms with Crippen molar-refractivity contribution in [2.45, 2.75) is 50.5 Å². The Morgan fingerprint density at radius 1 is 1.32 bits per heavy atom. The first-order valence-electron chi connectivity index (χ1n) is 8.80. The smallest absolute Gasteiger partial charge is 0.234 e. The highest BCUT2D eigenvalue weighted by Crippen LogP contribution is 2.44. The molecule has 1 aliphatic heterocycles. The van der Waals surface area contributed by atoms with Gasteiger partial charge in [-0.25, -0.2) is 0 Å². The molecule has 0 radical (unpaired) electrons. The number of hydrogen-bond acceptors (Lipinski definition) is 3. The molecule has 0 aromatic carbocycles. The van der Waals surface area contributed by atoms with E-state index in [4.69, 9.17) is 0 Å². The van der Waals surface area contributed by atoms with Gasteiger partial charge in [-0.15, -0.1) is 0 Å². The summed E-state index contributed by atoms with van der Waals surface area (Å²) in [6, 6.07) is 2.53. The van der Waals surface area contributed by atoms with Crippen molar-refractivity contribution in [1.29, 1.82) is 0 Å². The molecular formula is C17H26N4O. The number of nitrogens with zero attached hydrogens (tertiary/aromatic N) is 2. The van der Waals surface area contributed by atoms with Crippen LogP contribution in [0.3, 0.4) is 0 Å². The van der Waals surface area contributed by atoms with Gasteiger partial charge in [0.25, 0.3) is 0 Å². The summed E-state index contributed by atoms with van der Waals surface area (Å²) in [7, 11) is 0. The first-order chi connectivity index (χ1) is 10.8. The van der Waals surface area contributed by atoms with Gasteiger partial charge in [0.1, 0.15) is 0 Å². The van der Waals surface area contributed by atoms with Gasteiger partial charge in [0.2, 0.25) is 5.91 Å². The van der Waals surface area contributed by atoms with Crippen LogP contribution in [0.25, 0.3) is 0 Å². The zero-order valence-corrected chi connectivity index (χ0v) is 13.1. The average Bonchev–Trinajstić information content (AvgIpc) is 3.45. The maximum atomic E-state index is 12.4. The molecule has 2 N–H and O–H groups in total. The van der Waals surface area contributed by atoms with Gasteiger partial charge in [-0.05, 0) is 63.0 Å². The minimum atomic E-state index is 0.231. The van der Waals surface area contributed by atoms with Crippen molar-refractivity contribution in [2.24, 2.45) is 11.8 Å². The van der Waals surface area contributed by atoms with Gasteiger partial charge in [0, 0.05) is 30.4 Å². The van der Waals surface area contributed by atoms with E-state index < -0.39 is 0 Å². The molecule has 1 atom stereocenters. The highest BCUT2D eigenvalue weighted by molar-refractivity contribution is 5.78. The zero-order chi connectivity index (χ0) is 14.9. The Morgan fingerprint density at radius 2 is 2.09 bits per heavy atom. The van der Waals surface area contributed by atoms with Crippen LogP contribution in [0.5, 0.6) is 0 Å². The Kier molecular flexibility index (Phi) is 3.90. The van der Waals surface area contributed by atoms with E-state index in [2.05, 4.69) is 26.5 Å². The summed E-state index contributed by atoms with van der Waals surface area (Å²) in [6.45, 7) is 2.56. The molecule has 3 aliphatic rings. The van der Waals surface area contributed by atoms with Gasteiger partial charge in [-0.3, -0.25) is 14.8 Å². The van der Waals surface area contributed by atoms with E-state index in [1.54, 1.807) is 0 Å². The summed E-state index contributed by atoms with van der Waals surface area (Å²) < 4.78 is 0. The first kappa shape index (κ1) is 14.2. The number of nitrogens with one attached hydrogen (secondary N) is 2. The fourth-order valence-corrected chi connectivity index (χ4v) is 3.91. The van der Waals surface area contributed by atoms with Gasteiger partial charge in [-0.1, -0.05) is 0 Å². The minimum Gasteiger partial charge on any atom is -0.352 e. The lowest BCUT2D eigenvalue weighted by molar-refractivity contribution is -0.123. The van der Waals surface area contributed by atoms with Crippen molar-refractivity contribution in [3.05, 3.63) is 18.0 Å². The summed E-state index contributed by atoms with van der Waals surface area (Å²) >= 11 is 0. The second-order valence-corrected chi connectivity index (χ2v) is 7.35. The van der Waals surface area contributed by atoms with E-state index in [0.29, 0.717) is 18.5 Å². The number of rotatable bonds is 6. The Labute approximate surface area is 131 Å². The normalized spacial score (nSPS) is 26.3. The molecule has 5 heteroatoms. The van der Waals surface area contributed by atoms with Gasteiger partial charge in [0.15, 0.2) is 0 Å². The summed E-state index contributed by atoms with van der Waals surface area (Å²) in [5.41, 5.74) is 1.21. The molecule has 2 saturated carbocycles. The first-order valence-corrected chi connectivity index (χ1v) is 8.80. The third kappa shape index (κ3) is 3.35. The predicted octanol–water partition coefficient (Wildman–Crippen LogP) is 1.89. The molecule has 1 amide bonds. The Bertz CT molecular complexity index is 495. The standard InChI is InChI=1S/C17H26N4O/c22-16(19-17(12-3-4-12)13-5-6-13)11-21-9-1-2-14(10-21)15-7-8-18-20-15/h7-8,12-14,17H,1-6,9-11H2,(H,18,20)(H,19,22)/t14-/m1/s1. The highest BCUT2D eigenvalue weighted by Gasteiger charge is 2.42. The van der Waals surface area contributed by atoms with Gasteiger partial charge < -0.3 is 5.32 Å². The molecule has 0 unspecified atom stereocenters. The molecule has 2 heterocycles. The summed E-state index contributed by atoms with van der Waals surface area (Å²) in [5, 5.41) is 10.5. The molecule has 4 rings (SSSR count). The average molecular weight is 302 g/mol. The lowest BCUT2D eigenvalue weighted by Crippen LogP contribution is -2.46. The molecule has 1 aromatic heterocycles. The van der Waals surface area contributed by atoms with Crippen LogP contribution in [-0.2, 0) is 4.79 Å². The number of aromatic nitrogens is 2. The van der Waals surface area contributed by atoms with Crippen molar-refractivity contribution in [3.63, 3.8) is 0 Å². The third-order valence-corrected chi connectivity index (χ3v) is 5.42. The van der Waals surface area contributed by atoms with Crippen LogP contribution >= 0.6 is 0 Å². The van der Waals surface area contributed by atoms with E-state index in [0.717, 1.165) is 31.3 Å². The van der Waals surface area contributed by atoms with Crippen molar-refractivity contribution < 1.29 is 4.79 Å². The van der Waals surface area contributed by atoms with E-state index in [9.17, 15) is 4.79 Å². The topological polar surface area (TPSA) is 61.0 Å². The minimum absolute atomic E-state index is 0.231. The van der Waals surface area contributed by atoms with Crippen LogP contribution in [-0.4, -0.2) is 46.7 Å². The van der Waals surface area contributed by atoms with E-state index in [1.807, 2.05) is 6.20 Å². The lowest BCUT2D eigenvalue weighted by Gasteiger charge is -2.32. The number of carbonyl (C=O) groups is 1. The Morgan fingerprint density at radius 3 is 2.73 bits per heavy atom. The van der Waals surface area contributed by atoms with Crippen molar-refractivity contribution in [2.75, 3.05) is 19.6 Å². The number of likely N-dealkylation sites (tertiary alicyclic amines) is 1. The lowest BCUT2D eigenvalue weighted by atomic mass is 9.95. The quantitative estimate of drug-likeness (QED) is 0.843. The van der Waals surface area contributed by atoms with E-state index in [1.165, 1.54) is 37.8 Å². The van der Waals surface area contributed by atoms with Crippen LogP contribution in [0, 0.1) is 11.8 Å². The number of carbonyl (C=O) groups excluding carboxylic acids is 1. The van der Waals surface area contributed by atoms with Crippen LogP contribution in [0.15, 0.2) is 12.3 Å². The number of piperidine rings is 1. The van der Waals surface area contributed by atoms with Gasteiger partial charge in [-0.2, -0.15) is 5.10 Å². The Hall–Kier alpha value is -1.36. The fourth-order valence-electron chi connectivity index (χ4n) is 3.91.